The van der Waals surface area contributed by atoms with E-state index in [9.17, 15) is 9.90 Å². The van der Waals surface area contributed by atoms with Crippen molar-refractivity contribution in [2.45, 2.75) is 0 Å². The number of hydrogen-bond acceptors (Lipinski definition) is 4. The molecule has 0 fully saturated rings. The maximum atomic E-state index is 12.8. The molecule has 0 saturated heterocycles. The summed E-state index contributed by atoms with van der Waals surface area (Å²) in [6.45, 7) is 0. The number of carbonyl (C=O) groups is 1. The molecule has 2 aromatic carbocycles. The van der Waals surface area contributed by atoms with Crippen LogP contribution in [0.15, 0.2) is 77.4 Å². The summed E-state index contributed by atoms with van der Waals surface area (Å²) in [6.07, 6.45) is 1.57. The van der Waals surface area contributed by atoms with Crippen LogP contribution < -0.4 is 5.32 Å². The number of aromatic nitrogens is 1. The second-order valence-electron chi connectivity index (χ2n) is 5.55. The van der Waals surface area contributed by atoms with Crippen molar-refractivity contribution in [1.29, 1.82) is 0 Å². The number of carbonyl (C=O) groups excluding carboxylic acids is 1. The number of rotatable bonds is 3. The standard InChI is InChI=1S/C20H14N2O3/c23-14-6-3-5-13(11-14)21-20(24)16-12-18(19-9-4-10-25-19)22-17-8-2-1-7-15(16)17/h1-12,23H,(H,21,24). The lowest BCUT2D eigenvalue weighted by Crippen LogP contribution is -2.13. The highest BCUT2D eigenvalue weighted by Crippen LogP contribution is 2.26. The highest BCUT2D eigenvalue weighted by Gasteiger charge is 2.15. The number of para-hydroxylation sites is 1. The fraction of sp³-hybridized carbons (Fsp3) is 0. The normalized spacial score (nSPS) is 10.7. The van der Waals surface area contributed by atoms with Crippen molar-refractivity contribution in [3.05, 3.63) is 78.6 Å². The minimum absolute atomic E-state index is 0.0914. The predicted molar refractivity (Wildman–Crippen MR) is 95.5 cm³/mol. The molecule has 0 atom stereocenters. The Hall–Kier alpha value is -3.60. The molecule has 122 valence electrons. The number of amides is 1. The van der Waals surface area contributed by atoms with Crippen LogP contribution in [0.25, 0.3) is 22.4 Å². The van der Waals surface area contributed by atoms with E-state index in [-0.39, 0.29) is 11.7 Å². The number of nitrogens with one attached hydrogen (secondary N) is 1. The van der Waals surface area contributed by atoms with Crippen molar-refractivity contribution in [3.8, 4) is 17.2 Å². The van der Waals surface area contributed by atoms with Crippen molar-refractivity contribution in [2.24, 2.45) is 0 Å². The Bertz CT molecular complexity index is 1060. The van der Waals surface area contributed by atoms with Crippen molar-refractivity contribution < 1.29 is 14.3 Å². The fourth-order valence-corrected chi connectivity index (χ4v) is 2.70. The first kappa shape index (κ1) is 15.0. The van der Waals surface area contributed by atoms with E-state index in [4.69, 9.17) is 4.42 Å². The van der Waals surface area contributed by atoms with Gasteiger partial charge in [0.25, 0.3) is 5.91 Å². The van der Waals surface area contributed by atoms with E-state index >= 15 is 0 Å². The Balaban J connectivity index is 1.80. The molecule has 4 aromatic rings. The molecule has 0 saturated carbocycles. The zero-order valence-corrected chi connectivity index (χ0v) is 13.1. The summed E-state index contributed by atoms with van der Waals surface area (Å²) < 4.78 is 5.41. The number of furan rings is 1. The van der Waals surface area contributed by atoms with Gasteiger partial charge >= 0.3 is 0 Å². The Kier molecular flexibility index (Phi) is 3.67. The quantitative estimate of drug-likeness (QED) is 0.582. The third-order valence-corrected chi connectivity index (χ3v) is 3.84. The van der Waals surface area contributed by atoms with Gasteiger partial charge in [-0.1, -0.05) is 24.3 Å². The Morgan fingerprint density at radius 1 is 1.00 bits per heavy atom. The van der Waals surface area contributed by atoms with Crippen molar-refractivity contribution in [1.82, 2.24) is 4.98 Å². The lowest BCUT2D eigenvalue weighted by Gasteiger charge is -2.10. The van der Waals surface area contributed by atoms with Gasteiger partial charge in [-0.25, -0.2) is 4.98 Å². The minimum Gasteiger partial charge on any atom is -0.508 e. The molecule has 4 rings (SSSR count). The number of phenols is 1. The van der Waals surface area contributed by atoms with Crippen molar-refractivity contribution in [3.63, 3.8) is 0 Å². The molecule has 0 bridgehead atoms. The topological polar surface area (TPSA) is 75.4 Å². The van der Waals surface area contributed by atoms with Crippen LogP contribution in [-0.2, 0) is 0 Å². The van der Waals surface area contributed by atoms with Crippen LogP contribution in [0.4, 0.5) is 5.69 Å². The Morgan fingerprint density at radius 2 is 1.88 bits per heavy atom. The number of hydrogen-bond donors (Lipinski definition) is 2. The number of phenolic OH excluding ortho intramolecular Hbond substituents is 1. The zero-order chi connectivity index (χ0) is 17.2. The lowest BCUT2D eigenvalue weighted by atomic mass is 10.1. The first-order valence-corrected chi connectivity index (χ1v) is 7.75. The molecule has 5 nitrogen and oxygen atoms in total. The minimum atomic E-state index is -0.281. The maximum absolute atomic E-state index is 12.8. The predicted octanol–water partition coefficient (Wildman–Crippen LogP) is 4.45. The van der Waals surface area contributed by atoms with Crippen molar-refractivity contribution in [2.75, 3.05) is 5.32 Å². The van der Waals surface area contributed by atoms with Crippen LogP contribution >= 0.6 is 0 Å². The van der Waals surface area contributed by atoms with Crippen LogP contribution in [-0.4, -0.2) is 16.0 Å². The van der Waals surface area contributed by atoms with Crippen molar-refractivity contribution >= 4 is 22.5 Å². The first-order valence-electron chi connectivity index (χ1n) is 7.75. The van der Waals surface area contributed by atoms with E-state index in [0.29, 0.717) is 28.2 Å². The Morgan fingerprint density at radius 3 is 2.68 bits per heavy atom. The van der Waals surface area contributed by atoms with E-state index in [1.807, 2.05) is 24.3 Å². The summed E-state index contributed by atoms with van der Waals surface area (Å²) in [5.41, 5.74) is 2.30. The van der Waals surface area contributed by atoms with Crippen LogP contribution in [0, 0.1) is 0 Å². The average molecular weight is 330 g/mol. The zero-order valence-electron chi connectivity index (χ0n) is 13.1. The first-order chi connectivity index (χ1) is 12.2. The molecule has 2 aromatic heterocycles. The number of nitrogens with zero attached hydrogens (tertiary/aromatic N) is 1. The number of aromatic hydroxyl groups is 1. The van der Waals surface area contributed by atoms with Crippen LogP contribution in [0.3, 0.4) is 0 Å². The van der Waals surface area contributed by atoms with Gasteiger partial charge in [-0.3, -0.25) is 4.79 Å². The fourth-order valence-electron chi connectivity index (χ4n) is 2.70. The molecular formula is C20H14N2O3. The largest absolute Gasteiger partial charge is 0.508 e. The van der Waals surface area contributed by atoms with E-state index in [1.54, 1.807) is 42.7 Å². The van der Waals surface area contributed by atoms with Gasteiger partial charge in [-0.05, 0) is 36.4 Å². The summed E-state index contributed by atoms with van der Waals surface area (Å²) in [4.78, 5) is 17.4. The number of benzene rings is 2. The molecular weight excluding hydrogens is 316 g/mol. The smallest absolute Gasteiger partial charge is 0.256 e. The molecule has 0 aliphatic heterocycles. The summed E-state index contributed by atoms with van der Waals surface area (Å²) in [7, 11) is 0. The maximum Gasteiger partial charge on any atom is 0.256 e. The highest BCUT2D eigenvalue weighted by molar-refractivity contribution is 6.13. The third-order valence-electron chi connectivity index (χ3n) is 3.84. The van der Waals surface area contributed by atoms with E-state index in [1.165, 1.54) is 6.07 Å². The molecule has 1 amide bonds. The SMILES string of the molecule is O=C(Nc1cccc(O)c1)c1cc(-c2ccco2)nc2ccccc12. The van der Waals surface area contributed by atoms with Gasteiger partial charge in [0, 0.05) is 17.1 Å². The number of fused-ring (bicyclic) bond motifs is 1. The van der Waals surface area contributed by atoms with E-state index in [2.05, 4.69) is 10.3 Å². The molecule has 0 aliphatic carbocycles. The third kappa shape index (κ3) is 2.95. The van der Waals surface area contributed by atoms with Gasteiger partial charge in [0.1, 0.15) is 11.4 Å². The summed E-state index contributed by atoms with van der Waals surface area (Å²) >= 11 is 0. The van der Waals surface area contributed by atoms with Crippen LogP contribution in [0.1, 0.15) is 10.4 Å². The number of anilines is 1. The van der Waals surface area contributed by atoms with Gasteiger partial charge in [0.15, 0.2) is 5.76 Å². The van der Waals surface area contributed by atoms with Gasteiger partial charge in [-0.15, -0.1) is 0 Å². The molecule has 0 unspecified atom stereocenters. The van der Waals surface area contributed by atoms with Crippen LogP contribution in [0.5, 0.6) is 5.75 Å². The average Bonchev–Trinajstić information content (AvgIpc) is 3.15. The lowest BCUT2D eigenvalue weighted by molar-refractivity contribution is 0.102. The van der Waals surface area contributed by atoms with Gasteiger partial charge in [0.2, 0.25) is 0 Å². The molecule has 0 aliphatic rings. The summed E-state index contributed by atoms with van der Waals surface area (Å²) in [6, 6.07) is 19.2. The number of pyridine rings is 1. The van der Waals surface area contributed by atoms with E-state index in [0.717, 1.165) is 5.39 Å². The second-order valence-corrected chi connectivity index (χ2v) is 5.55. The highest BCUT2D eigenvalue weighted by atomic mass is 16.3. The summed E-state index contributed by atoms with van der Waals surface area (Å²) in [5.74, 6) is 0.405. The molecule has 25 heavy (non-hydrogen) atoms. The monoisotopic (exact) mass is 330 g/mol. The molecule has 5 heteroatoms. The molecule has 2 heterocycles. The summed E-state index contributed by atoms with van der Waals surface area (Å²) in [5, 5.41) is 13.1. The Labute approximate surface area is 143 Å². The second kappa shape index (κ2) is 6.13. The van der Waals surface area contributed by atoms with Crippen LogP contribution in [0.2, 0.25) is 0 Å². The molecule has 2 N–H and O–H groups in total. The van der Waals surface area contributed by atoms with Gasteiger partial charge < -0.3 is 14.8 Å². The van der Waals surface area contributed by atoms with E-state index < -0.39 is 0 Å². The molecule has 0 spiro atoms. The van der Waals surface area contributed by atoms with Gasteiger partial charge in [-0.2, -0.15) is 0 Å². The molecule has 0 radical (unpaired) electrons. The van der Waals surface area contributed by atoms with Gasteiger partial charge in [0.05, 0.1) is 17.3 Å².